The van der Waals surface area contributed by atoms with Crippen LogP contribution in [0.15, 0.2) is 0 Å². The summed E-state index contributed by atoms with van der Waals surface area (Å²) in [6.07, 6.45) is 3.88. The van der Waals surface area contributed by atoms with Crippen molar-refractivity contribution in [1.29, 1.82) is 0 Å². The second-order valence-electron chi connectivity index (χ2n) is 8.62. The third-order valence-electron chi connectivity index (χ3n) is 5.13. The van der Waals surface area contributed by atoms with E-state index >= 15 is 0 Å². The average molecular weight is 381 g/mol. The van der Waals surface area contributed by atoms with E-state index in [1.807, 2.05) is 6.92 Å². The van der Waals surface area contributed by atoms with Gasteiger partial charge in [-0.3, -0.25) is 19.3 Å². The molecule has 2 N–H and O–H groups in total. The number of carbonyl (C=O) groups excluding carboxylic acids is 4. The minimum atomic E-state index is -0.948. The molecule has 1 heterocycles. The number of rotatable bonds is 7. The molecule has 1 spiro atoms. The van der Waals surface area contributed by atoms with Crippen LogP contribution < -0.4 is 10.6 Å². The van der Waals surface area contributed by atoms with Crippen molar-refractivity contribution in [3.8, 4) is 0 Å². The van der Waals surface area contributed by atoms with Gasteiger partial charge in [0, 0.05) is 6.54 Å². The second kappa shape index (κ2) is 8.27. The van der Waals surface area contributed by atoms with Crippen molar-refractivity contribution in [2.24, 2.45) is 11.3 Å². The van der Waals surface area contributed by atoms with Crippen LogP contribution in [0.1, 0.15) is 59.8 Å². The van der Waals surface area contributed by atoms with Gasteiger partial charge in [0.2, 0.25) is 0 Å². The van der Waals surface area contributed by atoms with Crippen LogP contribution in [-0.2, 0) is 19.1 Å². The number of imide groups is 1. The highest BCUT2D eigenvalue weighted by Gasteiger charge is 2.56. The first-order valence-electron chi connectivity index (χ1n) is 9.65. The van der Waals surface area contributed by atoms with Crippen LogP contribution in [0.4, 0.5) is 4.79 Å². The van der Waals surface area contributed by atoms with E-state index in [1.165, 1.54) is 0 Å². The zero-order valence-corrected chi connectivity index (χ0v) is 16.7. The Morgan fingerprint density at radius 1 is 1.30 bits per heavy atom. The molecule has 152 valence electrons. The largest absolute Gasteiger partial charge is 0.454 e. The van der Waals surface area contributed by atoms with Crippen molar-refractivity contribution in [2.45, 2.75) is 65.3 Å². The molecule has 1 aliphatic carbocycles. The Labute approximate surface area is 160 Å². The van der Waals surface area contributed by atoms with Crippen molar-refractivity contribution in [3.63, 3.8) is 0 Å². The number of ether oxygens (including phenoxy) is 1. The fourth-order valence-corrected chi connectivity index (χ4v) is 4.43. The highest BCUT2D eigenvalue weighted by Crippen LogP contribution is 2.46. The molecule has 0 bridgehead atoms. The number of unbranched alkanes of at least 4 members (excludes halogenated alkanes) is 1. The van der Waals surface area contributed by atoms with E-state index in [4.69, 9.17) is 4.74 Å². The number of amides is 4. The highest BCUT2D eigenvalue weighted by atomic mass is 16.5. The molecule has 0 radical (unpaired) electrons. The molecule has 0 aromatic heterocycles. The zero-order valence-electron chi connectivity index (χ0n) is 16.7. The Morgan fingerprint density at radius 3 is 2.63 bits per heavy atom. The van der Waals surface area contributed by atoms with Gasteiger partial charge in [-0.05, 0) is 37.0 Å². The van der Waals surface area contributed by atoms with Gasteiger partial charge in [0.1, 0.15) is 12.1 Å². The molecule has 1 aliphatic heterocycles. The molecule has 2 atom stereocenters. The van der Waals surface area contributed by atoms with Crippen LogP contribution in [0.5, 0.6) is 0 Å². The Morgan fingerprint density at radius 2 is 2.00 bits per heavy atom. The summed E-state index contributed by atoms with van der Waals surface area (Å²) in [5, 5.41) is 5.44. The maximum absolute atomic E-state index is 12.9. The normalized spacial score (nSPS) is 26.8. The Hall–Kier alpha value is -2.12. The first kappa shape index (κ1) is 21.2. The molecule has 0 unspecified atom stereocenters. The standard InChI is InChI=1S/C19H31N3O5/c1-5-6-7-20-14(23)11-27-15(24)10-22-16(25)19(21-17(22)26)9-13(2)8-18(3,4)12-19/h13H,5-12H2,1-4H3,(H,20,23)(H,21,26)/t13-,19+/m0/s1. The SMILES string of the molecule is CCCCNC(=O)COC(=O)CN1C(=O)N[C@@]2(C[C@@H](C)CC(C)(C)C2)C1=O. The first-order chi connectivity index (χ1) is 12.6. The summed E-state index contributed by atoms with van der Waals surface area (Å²) in [5.74, 6) is -1.26. The lowest BCUT2D eigenvalue weighted by Crippen LogP contribution is -2.54. The van der Waals surface area contributed by atoms with E-state index in [9.17, 15) is 19.2 Å². The molecule has 0 aromatic carbocycles. The topological polar surface area (TPSA) is 105 Å². The van der Waals surface area contributed by atoms with Crippen LogP contribution in [0.3, 0.4) is 0 Å². The molecule has 4 amide bonds. The Bertz CT molecular complexity index is 618. The van der Waals surface area contributed by atoms with E-state index in [2.05, 4.69) is 31.4 Å². The predicted octanol–water partition coefficient (Wildman–Crippen LogP) is 1.58. The van der Waals surface area contributed by atoms with Gasteiger partial charge in [-0.25, -0.2) is 4.79 Å². The van der Waals surface area contributed by atoms with Crippen LogP contribution in [0, 0.1) is 11.3 Å². The van der Waals surface area contributed by atoms with Gasteiger partial charge in [-0.2, -0.15) is 0 Å². The van der Waals surface area contributed by atoms with Crippen LogP contribution in [0.2, 0.25) is 0 Å². The summed E-state index contributed by atoms with van der Waals surface area (Å²) in [7, 11) is 0. The molecule has 2 fully saturated rings. The third kappa shape index (κ3) is 5.20. The lowest BCUT2D eigenvalue weighted by Gasteiger charge is -2.43. The Kier molecular flexibility index (Phi) is 6.49. The maximum Gasteiger partial charge on any atom is 0.326 e. The molecular formula is C19H31N3O5. The van der Waals surface area contributed by atoms with E-state index in [-0.39, 0.29) is 17.2 Å². The molecule has 1 saturated carbocycles. The number of hydrogen-bond donors (Lipinski definition) is 2. The summed E-state index contributed by atoms with van der Waals surface area (Å²) in [5.41, 5.74) is -1.02. The molecule has 8 heteroatoms. The summed E-state index contributed by atoms with van der Waals surface area (Å²) in [6.45, 7) is 7.86. The van der Waals surface area contributed by atoms with Gasteiger partial charge in [-0.1, -0.05) is 34.1 Å². The van der Waals surface area contributed by atoms with E-state index in [0.29, 0.717) is 19.4 Å². The van der Waals surface area contributed by atoms with Crippen molar-refractivity contribution >= 4 is 23.8 Å². The summed E-state index contributed by atoms with van der Waals surface area (Å²) in [6, 6.07) is -0.575. The van der Waals surface area contributed by atoms with Crippen LogP contribution >= 0.6 is 0 Å². The summed E-state index contributed by atoms with van der Waals surface area (Å²) < 4.78 is 4.91. The number of nitrogens with zero attached hydrogens (tertiary/aromatic N) is 1. The molecule has 1 saturated heterocycles. The lowest BCUT2D eigenvalue weighted by molar-refractivity contribution is -0.151. The molecule has 8 nitrogen and oxygen atoms in total. The third-order valence-corrected chi connectivity index (χ3v) is 5.13. The van der Waals surface area contributed by atoms with Gasteiger partial charge in [-0.15, -0.1) is 0 Å². The summed E-state index contributed by atoms with van der Waals surface area (Å²) in [4.78, 5) is 49.8. The second-order valence-corrected chi connectivity index (χ2v) is 8.62. The number of esters is 1. The maximum atomic E-state index is 12.9. The van der Waals surface area contributed by atoms with Gasteiger partial charge in [0.05, 0.1) is 0 Å². The van der Waals surface area contributed by atoms with Gasteiger partial charge >= 0.3 is 12.0 Å². The van der Waals surface area contributed by atoms with Crippen molar-refractivity contribution < 1.29 is 23.9 Å². The fourth-order valence-electron chi connectivity index (χ4n) is 4.43. The van der Waals surface area contributed by atoms with Gasteiger partial charge < -0.3 is 15.4 Å². The number of urea groups is 1. The first-order valence-corrected chi connectivity index (χ1v) is 9.65. The quantitative estimate of drug-likeness (QED) is 0.396. The smallest absolute Gasteiger partial charge is 0.326 e. The molecule has 27 heavy (non-hydrogen) atoms. The van der Waals surface area contributed by atoms with E-state index in [0.717, 1.165) is 24.2 Å². The molecule has 2 rings (SSSR count). The molecule has 2 aliphatic rings. The lowest BCUT2D eigenvalue weighted by atomic mass is 9.64. The van der Waals surface area contributed by atoms with E-state index < -0.39 is 36.6 Å². The Balaban J connectivity index is 1.91. The van der Waals surface area contributed by atoms with Crippen LogP contribution in [0.25, 0.3) is 0 Å². The van der Waals surface area contributed by atoms with Crippen LogP contribution in [-0.4, -0.2) is 54.0 Å². The van der Waals surface area contributed by atoms with E-state index in [1.54, 1.807) is 0 Å². The van der Waals surface area contributed by atoms with Crippen molar-refractivity contribution in [1.82, 2.24) is 15.5 Å². The number of hydrogen-bond acceptors (Lipinski definition) is 5. The van der Waals surface area contributed by atoms with Gasteiger partial charge in [0.15, 0.2) is 6.61 Å². The monoisotopic (exact) mass is 381 g/mol. The molecule has 0 aromatic rings. The number of carbonyl (C=O) groups is 4. The number of nitrogens with one attached hydrogen (secondary N) is 2. The predicted molar refractivity (Wildman–Crippen MR) is 98.6 cm³/mol. The van der Waals surface area contributed by atoms with Crippen molar-refractivity contribution in [3.05, 3.63) is 0 Å². The minimum Gasteiger partial charge on any atom is -0.454 e. The minimum absolute atomic E-state index is 0.0757. The summed E-state index contributed by atoms with van der Waals surface area (Å²) >= 11 is 0. The average Bonchev–Trinajstić information content (AvgIpc) is 2.75. The van der Waals surface area contributed by atoms with Crippen molar-refractivity contribution in [2.75, 3.05) is 19.7 Å². The molecular weight excluding hydrogens is 350 g/mol. The highest BCUT2D eigenvalue weighted by molar-refractivity contribution is 6.08. The van der Waals surface area contributed by atoms with Gasteiger partial charge in [0.25, 0.3) is 11.8 Å². The zero-order chi connectivity index (χ0) is 20.2. The fraction of sp³-hybridized carbons (Fsp3) is 0.789.